The molecule has 1 aliphatic heterocycles. The highest BCUT2D eigenvalue weighted by Gasteiger charge is 2.43. The predicted octanol–water partition coefficient (Wildman–Crippen LogP) is 3.71. The van der Waals surface area contributed by atoms with Gasteiger partial charge in [-0.15, -0.1) is 0 Å². The van der Waals surface area contributed by atoms with E-state index >= 15 is 0 Å². The van der Waals surface area contributed by atoms with Gasteiger partial charge in [-0.2, -0.15) is 0 Å². The van der Waals surface area contributed by atoms with Gasteiger partial charge in [0.15, 0.2) is 6.42 Å². The summed E-state index contributed by atoms with van der Waals surface area (Å²) < 4.78 is 8.64. The first-order valence-electron chi connectivity index (χ1n) is 6.75. The zero-order chi connectivity index (χ0) is 14.2. The van der Waals surface area contributed by atoms with Crippen molar-refractivity contribution in [2.24, 2.45) is 0 Å². The second kappa shape index (κ2) is 5.42. The number of hydrogen-bond donors (Lipinski definition) is 0. The molecular weight excluding hydrogens is 285 g/mol. The lowest BCUT2D eigenvalue weighted by molar-refractivity contribution is 0.218. The summed E-state index contributed by atoms with van der Waals surface area (Å²) in [5, 5.41) is 1.13. The summed E-state index contributed by atoms with van der Waals surface area (Å²) >= 11 is 5.92. The van der Waals surface area contributed by atoms with Gasteiger partial charge in [-0.3, -0.25) is 0 Å². The first kappa shape index (κ1) is 14.0. The lowest BCUT2D eigenvalue weighted by Crippen LogP contribution is -2.25. The van der Waals surface area contributed by atoms with Crippen LogP contribution in [0.4, 0.5) is 0 Å². The molecule has 0 unspecified atom stereocenters. The van der Waals surface area contributed by atoms with Gasteiger partial charge in [0.2, 0.25) is 0 Å². The van der Waals surface area contributed by atoms with E-state index < -0.39 is 6.42 Å². The first-order valence-corrected chi connectivity index (χ1v) is 9.42. The highest BCUT2D eigenvalue weighted by molar-refractivity contribution is 8.14. The van der Waals surface area contributed by atoms with Gasteiger partial charge in [0, 0.05) is 11.3 Å². The maximum atomic E-state index is 6.40. The van der Waals surface area contributed by atoms with E-state index in [-0.39, 0.29) is 12.1 Å². The van der Waals surface area contributed by atoms with Gasteiger partial charge in [-0.25, -0.2) is 4.67 Å². The van der Waals surface area contributed by atoms with Crippen LogP contribution in [-0.4, -0.2) is 17.8 Å². The van der Waals surface area contributed by atoms with Crippen molar-refractivity contribution in [2.75, 3.05) is 7.05 Å². The van der Waals surface area contributed by atoms with Crippen molar-refractivity contribution < 1.29 is 4.52 Å². The molecule has 0 N–H and O–H groups in total. The largest absolute Gasteiger partial charge is 0.325 e. The molecule has 0 aromatic heterocycles. The summed E-state index contributed by atoms with van der Waals surface area (Å²) in [6, 6.07) is 20.9. The molecule has 0 spiro atoms. The van der Waals surface area contributed by atoms with E-state index in [1.165, 1.54) is 5.56 Å². The molecule has 0 radical (unpaired) electrons. The first-order chi connectivity index (χ1) is 9.63. The summed E-state index contributed by atoms with van der Waals surface area (Å²) in [4.78, 5) is 0. The van der Waals surface area contributed by atoms with Crippen LogP contribution in [0.5, 0.6) is 0 Å². The maximum absolute atomic E-state index is 6.40. The molecule has 1 fully saturated rings. The van der Waals surface area contributed by atoms with Crippen LogP contribution in [0, 0.1) is 0 Å². The standard InChI is InChI=1S/C16H18NOPS/c1-13-16(14-9-5-3-6-10-14)18-19(20,17(13)2)15-11-7-4-8-12-15/h3-13,16H,1-2H3/t13-,16-,19+/m0/s1. The lowest BCUT2D eigenvalue weighted by Gasteiger charge is -2.24. The molecule has 4 heteroatoms. The Hall–Kier alpha value is -0.990. The number of hydrogen-bond acceptors (Lipinski definition) is 2. The minimum atomic E-state index is -2.12. The molecule has 1 saturated heterocycles. The van der Waals surface area contributed by atoms with E-state index in [0.29, 0.717) is 0 Å². The monoisotopic (exact) mass is 303 g/mol. The summed E-state index contributed by atoms with van der Waals surface area (Å²) in [6.07, 6.45) is -2.08. The van der Waals surface area contributed by atoms with Gasteiger partial charge in [0.05, 0.1) is 0 Å². The SMILES string of the molecule is C[C@H]1[C@@H](c2ccccc2)O[P@@](=S)(c2ccccc2)N1C. The Bertz CT molecular complexity index is 631. The van der Waals surface area contributed by atoms with E-state index in [1.54, 1.807) is 0 Å². The van der Waals surface area contributed by atoms with Crippen molar-refractivity contribution in [1.29, 1.82) is 0 Å². The molecule has 0 saturated carbocycles. The summed E-state index contributed by atoms with van der Waals surface area (Å²) in [7, 11) is 2.08. The Labute approximate surface area is 125 Å². The van der Waals surface area contributed by atoms with Crippen molar-refractivity contribution in [3.8, 4) is 0 Å². The molecule has 0 aliphatic carbocycles. The Morgan fingerprint density at radius 3 is 2.15 bits per heavy atom. The Kier molecular flexibility index (Phi) is 3.78. The third kappa shape index (κ3) is 2.25. The summed E-state index contributed by atoms with van der Waals surface area (Å²) in [5.41, 5.74) is 1.20. The molecule has 0 bridgehead atoms. The number of likely N-dealkylation sites (N-methyl/N-ethyl adjacent to an activating group) is 1. The summed E-state index contributed by atoms with van der Waals surface area (Å²) in [5.74, 6) is 0. The molecule has 1 heterocycles. The normalized spacial score (nSPS) is 30.5. The molecule has 3 rings (SSSR count). The van der Waals surface area contributed by atoms with Gasteiger partial charge in [-0.05, 0) is 31.3 Å². The fraction of sp³-hybridized carbons (Fsp3) is 0.250. The molecule has 104 valence electrons. The van der Waals surface area contributed by atoms with E-state index in [0.717, 1.165) is 5.30 Å². The minimum Gasteiger partial charge on any atom is -0.325 e. The minimum absolute atomic E-state index is 0.0484. The average molecular weight is 303 g/mol. The van der Waals surface area contributed by atoms with E-state index in [4.69, 9.17) is 16.3 Å². The van der Waals surface area contributed by atoms with Gasteiger partial charge >= 0.3 is 0 Å². The zero-order valence-corrected chi connectivity index (χ0v) is 13.4. The van der Waals surface area contributed by atoms with Gasteiger partial charge < -0.3 is 4.52 Å². The van der Waals surface area contributed by atoms with Crippen LogP contribution < -0.4 is 5.30 Å². The van der Waals surface area contributed by atoms with Crippen LogP contribution in [0.25, 0.3) is 0 Å². The number of benzene rings is 2. The highest BCUT2D eigenvalue weighted by Crippen LogP contribution is 2.61. The van der Waals surface area contributed by atoms with Crippen molar-refractivity contribution in [1.82, 2.24) is 4.67 Å². The molecule has 2 aromatic carbocycles. The van der Waals surface area contributed by atoms with Crippen LogP contribution in [0.1, 0.15) is 18.6 Å². The predicted molar refractivity (Wildman–Crippen MR) is 87.9 cm³/mol. The molecule has 2 aromatic rings. The second-order valence-electron chi connectivity index (χ2n) is 5.11. The highest BCUT2D eigenvalue weighted by atomic mass is 32.4. The van der Waals surface area contributed by atoms with Crippen molar-refractivity contribution in [3.05, 3.63) is 66.2 Å². The fourth-order valence-corrected chi connectivity index (χ4v) is 6.07. The van der Waals surface area contributed by atoms with E-state index in [9.17, 15) is 0 Å². The van der Waals surface area contributed by atoms with E-state index in [2.05, 4.69) is 55.0 Å². The van der Waals surface area contributed by atoms with Crippen molar-refractivity contribution in [2.45, 2.75) is 19.1 Å². The molecule has 20 heavy (non-hydrogen) atoms. The quantitative estimate of drug-likeness (QED) is 0.785. The maximum Gasteiger partial charge on any atom is 0.162 e. The Morgan fingerprint density at radius 1 is 1.00 bits per heavy atom. The number of rotatable bonds is 2. The van der Waals surface area contributed by atoms with Crippen LogP contribution in [0.15, 0.2) is 60.7 Å². The molecule has 1 aliphatic rings. The second-order valence-corrected chi connectivity index (χ2v) is 8.99. The topological polar surface area (TPSA) is 12.5 Å². The summed E-state index contributed by atoms with van der Waals surface area (Å²) in [6.45, 7) is 2.19. The molecule has 2 nitrogen and oxygen atoms in total. The number of nitrogens with zero attached hydrogens (tertiary/aromatic N) is 1. The van der Waals surface area contributed by atoms with E-state index in [1.807, 2.05) is 24.3 Å². The van der Waals surface area contributed by atoms with Crippen LogP contribution in [0.3, 0.4) is 0 Å². The van der Waals surface area contributed by atoms with Crippen molar-refractivity contribution >= 4 is 23.5 Å². The third-order valence-electron chi connectivity index (χ3n) is 3.91. The smallest absolute Gasteiger partial charge is 0.162 e. The van der Waals surface area contributed by atoms with Crippen LogP contribution in [-0.2, 0) is 16.3 Å². The molecular formula is C16H18NOPS. The average Bonchev–Trinajstić information content (AvgIpc) is 2.75. The Balaban J connectivity index is 1.99. The third-order valence-corrected chi connectivity index (χ3v) is 8.23. The lowest BCUT2D eigenvalue weighted by atomic mass is 10.0. The Morgan fingerprint density at radius 2 is 1.55 bits per heavy atom. The molecule has 0 amide bonds. The van der Waals surface area contributed by atoms with Gasteiger partial charge in [-0.1, -0.05) is 60.7 Å². The fourth-order valence-electron chi connectivity index (χ4n) is 2.59. The zero-order valence-electron chi connectivity index (χ0n) is 11.6. The van der Waals surface area contributed by atoms with Gasteiger partial charge in [0.1, 0.15) is 6.10 Å². The van der Waals surface area contributed by atoms with Crippen molar-refractivity contribution in [3.63, 3.8) is 0 Å². The molecule has 3 atom stereocenters. The van der Waals surface area contributed by atoms with Crippen LogP contribution in [0.2, 0.25) is 0 Å². The van der Waals surface area contributed by atoms with Crippen LogP contribution >= 0.6 is 6.42 Å². The van der Waals surface area contributed by atoms with Gasteiger partial charge in [0.25, 0.3) is 0 Å².